The molecule has 0 heterocycles. The number of carbonyl (C=O) groups is 2. The molecule has 0 radical (unpaired) electrons. The van der Waals surface area contributed by atoms with E-state index in [2.05, 4.69) is 48.6 Å². The van der Waals surface area contributed by atoms with Crippen LogP contribution in [0.25, 0.3) is 11.1 Å². The molecule has 6 heteroatoms. The smallest absolute Gasteiger partial charge is 0.407 e. The number of nitrogens with one attached hydrogen (secondary N) is 1. The second-order valence-corrected chi connectivity index (χ2v) is 11.6. The lowest BCUT2D eigenvalue weighted by Gasteiger charge is -2.19. The number of alkyl carbamates (subject to hydrolysis) is 1. The molecule has 1 N–H and O–H groups in total. The van der Waals surface area contributed by atoms with Crippen LogP contribution in [0.3, 0.4) is 0 Å². The van der Waals surface area contributed by atoms with Gasteiger partial charge in [-0.3, -0.25) is 0 Å². The Morgan fingerprint density at radius 2 is 1.24 bits per heavy atom. The van der Waals surface area contributed by atoms with Gasteiger partial charge in [0.1, 0.15) is 31.6 Å². The lowest BCUT2D eigenvalue weighted by atomic mass is 9.98. The first-order chi connectivity index (χ1) is 22.5. The second-order valence-electron chi connectivity index (χ2n) is 11.6. The average molecular weight is 612 g/mol. The van der Waals surface area contributed by atoms with Crippen molar-refractivity contribution >= 4 is 12.1 Å². The summed E-state index contributed by atoms with van der Waals surface area (Å²) in [7, 11) is 0. The molecule has 0 aliphatic heterocycles. The van der Waals surface area contributed by atoms with Crippen molar-refractivity contribution in [1.29, 1.82) is 0 Å². The first kappa shape index (κ1) is 30.7. The molecule has 6 rings (SSSR count). The number of hydrogen-bond donors (Lipinski definition) is 1. The van der Waals surface area contributed by atoms with Crippen LogP contribution >= 0.6 is 0 Å². The molecular weight excluding hydrogens is 574 g/mol. The van der Waals surface area contributed by atoms with Crippen molar-refractivity contribution in [2.75, 3.05) is 6.61 Å². The van der Waals surface area contributed by atoms with Crippen LogP contribution in [-0.4, -0.2) is 24.7 Å². The summed E-state index contributed by atoms with van der Waals surface area (Å²) in [6.07, 6.45) is 0.322. The Hall–Kier alpha value is -5.36. The molecule has 5 aromatic carbocycles. The van der Waals surface area contributed by atoms with Gasteiger partial charge in [0.15, 0.2) is 0 Å². The Morgan fingerprint density at radius 1 is 0.652 bits per heavy atom. The Bertz CT molecular complexity index is 1720. The Kier molecular flexibility index (Phi) is 9.74. The van der Waals surface area contributed by atoms with Gasteiger partial charge in [-0.2, -0.15) is 0 Å². The van der Waals surface area contributed by atoms with Crippen molar-refractivity contribution in [1.82, 2.24) is 5.32 Å². The van der Waals surface area contributed by atoms with Crippen molar-refractivity contribution in [2.45, 2.75) is 44.9 Å². The van der Waals surface area contributed by atoms with E-state index in [0.717, 1.165) is 44.7 Å². The topological polar surface area (TPSA) is 73.9 Å². The van der Waals surface area contributed by atoms with E-state index in [9.17, 15) is 9.59 Å². The molecule has 46 heavy (non-hydrogen) atoms. The van der Waals surface area contributed by atoms with E-state index in [1.165, 1.54) is 5.56 Å². The fourth-order valence-electron chi connectivity index (χ4n) is 5.77. The molecule has 1 aliphatic rings. The van der Waals surface area contributed by atoms with E-state index >= 15 is 0 Å². The van der Waals surface area contributed by atoms with Gasteiger partial charge in [0.05, 0.1) is 0 Å². The minimum atomic E-state index is -0.868. The first-order valence-corrected chi connectivity index (χ1v) is 15.6. The van der Waals surface area contributed by atoms with E-state index < -0.39 is 18.1 Å². The highest BCUT2D eigenvalue weighted by atomic mass is 16.6. The molecule has 5 aromatic rings. The number of rotatable bonds is 12. The van der Waals surface area contributed by atoms with E-state index in [1.807, 2.05) is 91.0 Å². The fourth-order valence-corrected chi connectivity index (χ4v) is 5.77. The summed E-state index contributed by atoms with van der Waals surface area (Å²) in [6.45, 7) is 2.77. The van der Waals surface area contributed by atoms with E-state index in [4.69, 9.17) is 14.2 Å². The molecule has 0 aromatic heterocycles. The molecule has 1 amide bonds. The number of hydrogen-bond acceptors (Lipinski definition) is 5. The lowest BCUT2D eigenvalue weighted by molar-refractivity contribution is -0.147. The molecule has 0 saturated heterocycles. The van der Waals surface area contributed by atoms with Gasteiger partial charge in [-0.1, -0.05) is 121 Å². The van der Waals surface area contributed by atoms with Crippen LogP contribution in [0, 0.1) is 6.92 Å². The molecular formula is C40H37NO5. The summed E-state index contributed by atoms with van der Waals surface area (Å²) in [5, 5.41) is 2.78. The third-order valence-electron chi connectivity index (χ3n) is 8.32. The highest BCUT2D eigenvalue weighted by Crippen LogP contribution is 2.44. The van der Waals surface area contributed by atoms with Crippen LogP contribution < -0.4 is 10.1 Å². The van der Waals surface area contributed by atoms with Crippen LogP contribution in [0.2, 0.25) is 0 Å². The number of ether oxygens (including phenoxy) is 3. The third-order valence-corrected chi connectivity index (χ3v) is 8.32. The van der Waals surface area contributed by atoms with Gasteiger partial charge in [0.25, 0.3) is 0 Å². The SMILES string of the molecule is Cc1ccc(COc2ccc(COC(=O)[C@H](CCc3ccccc3)NC(=O)OCC3c4ccccc4-c4ccccc43)cc2)cc1. The molecule has 1 aliphatic carbocycles. The van der Waals surface area contributed by atoms with Crippen molar-refractivity contribution in [2.24, 2.45) is 0 Å². The quantitative estimate of drug-likeness (QED) is 0.144. The van der Waals surface area contributed by atoms with Gasteiger partial charge in [0.2, 0.25) is 0 Å². The summed E-state index contributed by atoms with van der Waals surface area (Å²) in [4.78, 5) is 26.4. The zero-order chi connectivity index (χ0) is 31.7. The zero-order valence-electron chi connectivity index (χ0n) is 25.9. The molecule has 0 bridgehead atoms. The standard InChI is InChI=1S/C40H37NO5/c1-28-15-17-30(18-16-28)25-44-32-22-19-31(20-23-32)26-45-39(42)38(24-21-29-9-3-2-4-10-29)41-40(43)46-27-37-35-13-7-5-11-33(35)34-12-6-8-14-36(34)37/h2-20,22-23,37-38H,21,24-27H2,1H3,(H,41,43)/t38-/m0/s1. The molecule has 6 nitrogen and oxygen atoms in total. The summed E-state index contributed by atoms with van der Waals surface area (Å²) < 4.78 is 17.3. The lowest BCUT2D eigenvalue weighted by Crippen LogP contribution is -2.42. The summed E-state index contributed by atoms with van der Waals surface area (Å²) in [6, 6.07) is 41.0. The Balaban J connectivity index is 1.05. The van der Waals surface area contributed by atoms with Gasteiger partial charge < -0.3 is 19.5 Å². The molecule has 0 unspecified atom stereocenters. The molecule has 232 valence electrons. The number of amides is 1. The maximum Gasteiger partial charge on any atom is 0.407 e. The minimum absolute atomic E-state index is 0.0725. The number of benzene rings is 5. The van der Waals surface area contributed by atoms with Crippen LogP contribution in [0.15, 0.2) is 127 Å². The van der Waals surface area contributed by atoms with Crippen molar-refractivity contribution in [3.63, 3.8) is 0 Å². The van der Waals surface area contributed by atoms with Crippen LogP contribution in [0.5, 0.6) is 5.75 Å². The summed E-state index contributed by atoms with van der Waals surface area (Å²) in [5.41, 5.74) is 8.75. The molecule has 0 fully saturated rings. The molecule has 1 atom stereocenters. The van der Waals surface area contributed by atoms with Crippen LogP contribution in [0.4, 0.5) is 4.79 Å². The highest BCUT2D eigenvalue weighted by Gasteiger charge is 2.30. The minimum Gasteiger partial charge on any atom is -0.489 e. The normalized spacial score (nSPS) is 12.5. The van der Waals surface area contributed by atoms with Crippen LogP contribution in [-0.2, 0) is 33.9 Å². The highest BCUT2D eigenvalue weighted by molar-refractivity contribution is 5.82. The van der Waals surface area contributed by atoms with E-state index in [-0.39, 0.29) is 19.1 Å². The second kappa shape index (κ2) is 14.6. The van der Waals surface area contributed by atoms with Gasteiger partial charge in [-0.15, -0.1) is 0 Å². The van der Waals surface area contributed by atoms with Crippen molar-refractivity contribution < 1.29 is 23.8 Å². The van der Waals surface area contributed by atoms with Crippen LogP contribution in [0.1, 0.15) is 45.7 Å². The first-order valence-electron chi connectivity index (χ1n) is 15.6. The van der Waals surface area contributed by atoms with Gasteiger partial charge in [0, 0.05) is 5.92 Å². The largest absolute Gasteiger partial charge is 0.489 e. The van der Waals surface area contributed by atoms with Gasteiger partial charge >= 0.3 is 12.1 Å². The zero-order valence-corrected chi connectivity index (χ0v) is 25.9. The predicted octanol–water partition coefficient (Wildman–Crippen LogP) is 8.16. The predicted molar refractivity (Wildman–Crippen MR) is 179 cm³/mol. The maximum atomic E-state index is 13.3. The maximum absolute atomic E-state index is 13.3. The summed E-state index contributed by atoms with van der Waals surface area (Å²) in [5.74, 6) is 0.147. The third kappa shape index (κ3) is 7.64. The summed E-state index contributed by atoms with van der Waals surface area (Å²) >= 11 is 0. The van der Waals surface area contributed by atoms with E-state index in [1.54, 1.807) is 0 Å². The average Bonchev–Trinajstić information content (AvgIpc) is 3.42. The van der Waals surface area contributed by atoms with Crippen molar-refractivity contribution in [3.8, 4) is 16.9 Å². The monoisotopic (exact) mass is 611 g/mol. The number of aryl methyl sites for hydroxylation is 2. The Morgan fingerprint density at radius 3 is 1.91 bits per heavy atom. The fraction of sp³-hybridized carbons (Fsp3) is 0.200. The van der Waals surface area contributed by atoms with E-state index in [0.29, 0.717) is 19.4 Å². The molecule has 0 saturated carbocycles. The van der Waals surface area contributed by atoms with Crippen molar-refractivity contribution in [3.05, 3.63) is 161 Å². The number of esters is 1. The molecule has 0 spiro atoms. The number of carbonyl (C=O) groups excluding carboxylic acids is 2. The van der Waals surface area contributed by atoms with Gasteiger partial charge in [-0.25, -0.2) is 9.59 Å². The van der Waals surface area contributed by atoms with Gasteiger partial charge in [-0.05, 0) is 70.8 Å². The number of fused-ring (bicyclic) bond motifs is 3. The Labute approximate surface area is 270 Å².